The van der Waals surface area contributed by atoms with Crippen LogP contribution in [0.2, 0.25) is 0 Å². The van der Waals surface area contributed by atoms with Gasteiger partial charge in [-0.3, -0.25) is 0 Å². The number of fused-ring (bicyclic) bond motifs is 8. The number of hydrogen-bond acceptors (Lipinski definition) is 0. The van der Waals surface area contributed by atoms with E-state index in [0.717, 1.165) is 0 Å². The lowest BCUT2D eigenvalue weighted by Gasteiger charge is -2.13. The molecule has 0 N–H and O–H groups in total. The Morgan fingerprint density at radius 2 is 1.09 bits per heavy atom. The first kappa shape index (κ1) is 12.7. The molecule has 0 nitrogen and oxygen atoms in total. The molecule has 0 aromatic heterocycles. The minimum atomic E-state index is 1.30. The minimum Gasteiger partial charge on any atom is -0.0616 e. The van der Waals surface area contributed by atoms with Crippen LogP contribution in [0.5, 0.6) is 0 Å². The van der Waals surface area contributed by atoms with Crippen molar-refractivity contribution in [2.75, 3.05) is 0 Å². The topological polar surface area (TPSA) is 0 Å². The first-order valence-electron chi connectivity index (χ1n) is 8.05. The van der Waals surface area contributed by atoms with Gasteiger partial charge in [-0.15, -0.1) is 0 Å². The molecule has 0 saturated carbocycles. The molecule has 0 amide bonds. The standard InChI is InChI=1S/C23H16/c1-15-10-12-19-21-13-11-16-6-2-3-7-17(16)23(21)20-9-5-4-8-18(20)22(19)14-15/h2-14H,1H3. The summed E-state index contributed by atoms with van der Waals surface area (Å²) in [5.41, 5.74) is 1.31. The summed E-state index contributed by atoms with van der Waals surface area (Å²) < 4.78 is 0. The first-order chi connectivity index (χ1) is 11.3. The molecule has 0 aliphatic carbocycles. The highest BCUT2D eigenvalue weighted by Crippen LogP contribution is 2.38. The van der Waals surface area contributed by atoms with Crippen molar-refractivity contribution in [3.8, 4) is 0 Å². The molecule has 108 valence electrons. The monoisotopic (exact) mass is 292 g/mol. The molecule has 0 radical (unpaired) electrons. The van der Waals surface area contributed by atoms with Crippen molar-refractivity contribution in [3.05, 3.63) is 84.4 Å². The molecule has 0 saturated heterocycles. The van der Waals surface area contributed by atoms with Gasteiger partial charge in [-0.1, -0.05) is 84.4 Å². The molecule has 0 heteroatoms. The molecule has 0 aliphatic heterocycles. The van der Waals surface area contributed by atoms with E-state index in [0.29, 0.717) is 0 Å². The van der Waals surface area contributed by atoms with Crippen LogP contribution in [0.25, 0.3) is 43.1 Å². The van der Waals surface area contributed by atoms with Gasteiger partial charge >= 0.3 is 0 Å². The third kappa shape index (κ3) is 1.72. The maximum absolute atomic E-state index is 2.31. The van der Waals surface area contributed by atoms with Gasteiger partial charge in [-0.2, -0.15) is 0 Å². The molecular formula is C23H16. The Bertz CT molecular complexity index is 1190. The average Bonchev–Trinajstić information content (AvgIpc) is 2.61. The second-order valence-electron chi connectivity index (χ2n) is 6.30. The Morgan fingerprint density at radius 1 is 0.478 bits per heavy atom. The zero-order chi connectivity index (χ0) is 15.4. The second kappa shape index (κ2) is 4.57. The lowest BCUT2D eigenvalue weighted by molar-refractivity contribution is 1.51. The Morgan fingerprint density at radius 3 is 1.96 bits per heavy atom. The summed E-state index contributed by atoms with van der Waals surface area (Å²) >= 11 is 0. The molecular weight excluding hydrogens is 276 g/mol. The van der Waals surface area contributed by atoms with Crippen LogP contribution in [0.4, 0.5) is 0 Å². The molecule has 0 atom stereocenters. The van der Waals surface area contributed by atoms with Crippen molar-refractivity contribution in [2.24, 2.45) is 0 Å². The van der Waals surface area contributed by atoms with Gasteiger partial charge in [-0.25, -0.2) is 0 Å². The van der Waals surface area contributed by atoms with Crippen molar-refractivity contribution in [2.45, 2.75) is 6.92 Å². The second-order valence-corrected chi connectivity index (χ2v) is 6.30. The van der Waals surface area contributed by atoms with Gasteiger partial charge < -0.3 is 0 Å². The molecule has 0 unspecified atom stereocenters. The summed E-state index contributed by atoms with van der Waals surface area (Å²) in [5.74, 6) is 0. The zero-order valence-corrected chi connectivity index (χ0v) is 13.0. The van der Waals surface area contributed by atoms with Gasteiger partial charge in [0.25, 0.3) is 0 Å². The van der Waals surface area contributed by atoms with Gasteiger partial charge in [0.05, 0.1) is 0 Å². The number of rotatable bonds is 0. The fraction of sp³-hybridized carbons (Fsp3) is 0.0435. The summed E-state index contributed by atoms with van der Waals surface area (Å²) in [6.45, 7) is 2.17. The van der Waals surface area contributed by atoms with Crippen LogP contribution in [0.3, 0.4) is 0 Å². The van der Waals surface area contributed by atoms with E-state index in [1.165, 1.54) is 48.7 Å². The van der Waals surface area contributed by atoms with Crippen molar-refractivity contribution < 1.29 is 0 Å². The Labute approximate surface area is 135 Å². The van der Waals surface area contributed by atoms with Crippen molar-refractivity contribution >= 4 is 43.1 Å². The van der Waals surface area contributed by atoms with Crippen molar-refractivity contribution in [3.63, 3.8) is 0 Å². The number of benzene rings is 5. The Kier molecular flexibility index (Phi) is 2.51. The highest BCUT2D eigenvalue weighted by atomic mass is 14.1. The van der Waals surface area contributed by atoms with Gasteiger partial charge in [0.1, 0.15) is 0 Å². The molecule has 5 aromatic rings. The summed E-state index contributed by atoms with van der Waals surface area (Å²) in [4.78, 5) is 0. The molecule has 5 aromatic carbocycles. The molecule has 0 bridgehead atoms. The van der Waals surface area contributed by atoms with Crippen molar-refractivity contribution in [1.29, 1.82) is 0 Å². The van der Waals surface area contributed by atoms with E-state index >= 15 is 0 Å². The first-order valence-corrected chi connectivity index (χ1v) is 8.05. The maximum Gasteiger partial charge on any atom is -0.00204 e. The number of hydrogen-bond donors (Lipinski definition) is 0. The third-order valence-corrected chi connectivity index (χ3v) is 4.88. The molecule has 23 heavy (non-hydrogen) atoms. The lowest BCUT2D eigenvalue weighted by Crippen LogP contribution is -1.85. The Hall–Kier alpha value is -2.86. The minimum absolute atomic E-state index is 1.30. The fourth-order valence-corrected chi connectivity index (χ4v) is 3.84. The molecule has 0 spiro atoms. The van der Waals surface area contributed by atoms with Crippen LogP contribution in [0, 0.1) is 6.92 Å². The van der Waals surface area contributed by atoms with E-state index in [2.05, 4.69) is 85.8 Å². The molecule has 5 rings (SSSR count). The zero-order valence-electron chi connectivity index (χ0n) is 13.0. The molecule has 0 heterocycles. The van der Waals surface area contributed by atoms with Crippen molar-refractivity contribution in [1.82, 2.24) is 0 Å². The van der Waals surface area contributed by atoms with Gasteiger partial charge in [-0.05, 0) is 50.0 Å². The fourth-order valence-electron chi connectivity index (χ4n) is 3.84. The van der Waals surface area contributed by atoms with Crippen LogP contribution < -0.4 is 0 Å². The molecule has 0 fully saturated rings. The van der Waals surface area contributed by atoms with E-state index in [-0.39, 0.29) is 0 Å². The van der Waals surface area contributed by atoms with Crippen LogP contribution >= 0.6 is 0 Å². The van der Waals surface area contributed by atoms with Gasteiger partial charge in [0, 0.05) is 0 Å². The average molecular weight is 292 g/mol. The van der Waals surface area contributed by atoms with E-state index < -0.39 is 0 Å². The van der Waals surface area contributed by atoms with Gasteiger partial charge in [0.2, 0.25) is 0 Å². The summed E-state index contributed by atoms with van der Waals surface area (Å²) in [5, 5.41) is 10.7. The van der Waals surface area contributed by atoms with Crippen LogP contribution in [-0.2, 0) is 0 Å². The van der Waals surface area contributed by atoms with E-state index in [4.69, 9.17) is 0 Å². The van der Waals surface area contributed by atoms with Crippen LogP contribution in [0.15, 0.2) is 78.9 Å². The van der Waals surface area contributed by atoms with E-state index in [1.807, 2.05) is 0 Å². The summed E-state index contributed by atoms with van der Waals surface area (Å²) in [6.07, 6.45) is 0. The SMILES string of the molecule is Cc1ccc2c(c1)c1ccccc1c1c3ccccc3ccc21. The number of aryl methyl sites for hydroxylation is 1. The van der Waals surface area contributed by atoms with Gasteiger partial charge in [0.15, 0.2) is 0 Å². The highest BCUT2D eigenvalue weighted by Gasteiger charge is 2.10. The normalized spacial score (nSPS) is 11.7. The predicted octanol–water partition coefficient (Wildman–Crippen LogP) is 6.61. The van der Waals surface area contributed by atoms with E-state index in [1.54, 1.807) is 0 Å². The van der Waals surface area contributed by atoms with Crippen LogP contribution in [-0.4, -0.2) is 0 Å². The predicted molar refractivity (Wildman–Crippen MR) is 101 cm³/mol. The highest BCUT2D eigenvalue weighted by molar-refractivity contribution is 6.31. The summed E-state index contributed by atoms with van der Waals surface area (Å²) in [7, 11) is 0. The lowest BCUT2D eigenvalue weighted by atomic mass is 9.90. The van der Waals surface area contributed by atoms with E-state index in [9.17, 15) is 0 Å². The maximum atomic E-state index is 2.31. The summed E-state index contributed by atoms with van der Waals surface area (Å²) in [6, 6.07) is 28.8. The third-order valence-electron chi connectivity index (χ3n) is 4.88. The quantitative estimate of drug-likeness (QED) is 0.282. The van der Waals surface area contributed by atoms with Crippen LogP contribution in [0.1, 0.15) is 5.56 Å². The smallest absolute Gasteiger partial charge is 0.00204 e. The molecule has 0 aliphatic rings. The largest absolute Gasteiger partial charge is 0.0616 e. The Balaban J connectivity index is 2.21.